The average molecular weight is 397 g/mol. The van der Waals surface area contributed by atoms with Crippen LogP contribution in [0.25, 0.3) is 10.9 Å². The molecule has 1 aliphatic heterocycles. The number of rotatable bonds is 5. The highest BCUT2D eigenvalue weighted by Crippen LogP contribution is 2.34. The summed E-state index contributed by atoms with van der Waals surface area (Å²) in [6, 6.07) is 8.41. The number of amides is 2. The van der Waals surface area contributed by atoms with E-state index in [-0.39, 0.29) is 12.1 Å². The number of aromatic nitrogens is 2. The van der Waals surface area contributed by atoms with E-state index in [2.05, 4.69) is 45.3 Å². The van der Waals surface area contributed by atoms with Crippen LogP contribution in [0.15, 0.2) is 42.0 Å². The van der Waals surface area contributed by atoms with Gasteiger partial charge in [0.05, 0.1) is 5.52 Å². The number of likely N-dealkylation sites (tertiary alicyclic amines) is 1. The summed E-state index contributed by atoms with van der Waals surface area (Å²) in [5.41, 5.74) is 1.25. The smallest absolute Gasteiger partial charge is 0.323 e. The molecule has 1 N–H and O–H groups in total. The second kappa shape index (κ2) is 7.47. The van der Waals surface area contributed by atoms with Gasteiger partial charge in [0.2, 0.25) is 0 Å². The van der Waals surface area contributed by atoms with Crippen LogP contribution in [0.3, 0.4) is 0 Å². The molecule has 28 heavy (non-hydrogen) atoms. The number of piperidine rings is 1. The molecule has 0 spiro atoms. The molecule has 0 unspecified atom stereocenters. The second-order valence-electron chi connectivity index (χ2n) is 7.67. The van der Waals surface area contributed by atoms with E-state index in [1.807, 2.05) is 10.3 Å². The van der Waals surface area contributed by atoms with Crippen molar-refractivity contribution in [1.29, 1.82) is 0 Å². The Balaban J connectivity index is 1.20. The third-order valence-corrected chi connectivity index (χ3v) is 6.28. The number of nitrogens with zero attached hydrogens (tertiary/aromatic N) is 3. The van der Waals surface area contributed by atoms with Gasteiger partial charge in [0.25, 0.3) is 0 Å². The van der Waals surface area contributed by atoms with Crippen molar-refractivity contribution >= 4 is 33.4 Å². The van der Waals surface area contributed by atoms with Crippen LogP contribution in [-0.4, -0.2) is 39.7 Å². The van der Waals surface area contributed by atoms with Crippen LogP contribution in [0.4, 0.5) is 9.93 Å². The van der Waals surface area contributed by atoms with Crippen LogP contribution in [0.1, 0.15) is 25.7 Å². The van der Waals surface area contributed by atoms with Crippen molar-refractivity contribution in [2.45, 2.75) is 38.3 Å². The number of hydrogen-bond acceptors (Lipinski definition) is 4. The fraction of sp³-hybridized carbons (Fsp3) is 0.429. The molecule has 1 saturated carbocycles. The maximum Gasteiger partial charge on any atom is 0.323 e. The predicted octanol–water partition coefficient (Wildman–Crippen LogP) is 4.58. The first kappa shape index (κ1) is 17.6. The first-order chi connectivity index (χ1) is 13.8. The number of benzene rings is 1. The second-order valence-corrected chi connectivity index (χ2v) is 8.57. The van der Waals surface area contributed by atoms with Crippen molar-refractivity contribution in [2.75, 3.05) is 18.4 Å². The quantitative estimate of drug-likeness (QED) is 0.687. The van der Waals surface area contributed by atoms with E-state index in [0.29, 0.717) is 18.2 Å². The minimum atomic E-state index is -0.0762. The molecule has 3 heterocycles. The highest BCUT2D eigenvalue weighted by molar-refractivity contribution is 7.13. The van der Waals surface area contributed by atoms with Crippen LogP contribution >= 0.6 is 11.3 Å². The Kier molecular flexibility index (Phi) is 4.68. The molecule has 0 radical (unpaired) electrons. The van der Waals surface area contributed by atoms with Gasteiger partial charge in [0.1, 0.15) is 11.9 Å². The standard InChI is InChI=1S/C21H24N4O2S/c26-21(23-20-22-9-13-28-20)24-10-6-16(7-11-24)27-19-3-1-2-18-17(19)8-12-25(18)14-15-4-5-15/h1-3,8-9,12-13,15-16H,4-7,10-11,14H2,(H,22,23,26). The predicted molar refractivity (Wildman–Crippen MR) is 111 cm³/mol. The Morgan fingerprint density at radius 2 is 2.07 bits per heavy atom. The number of carbonyl (C=O) groups excluding carboxylic acids is 1. The Morgan fingerprint density at radius 1 is 1.21 bits per heavy atom. The highest BCUT2D eigenvalue weighted by Gasteiger charge is 2.25. The van der Waals surface area contributed by atoms with E-state index < -0.39 is 0 Å². The van der Waals surface area contributed by atoms with Crippen molar-refractivity contribution in [3.63, 3.8) is 0 Å². The van der Waals surface area contributed by atoms with Gasteiger partial charge in [-0.15, -0.1) is 11.3 Å². The summed E-state index contributed by atoms with van der Waals surface area (Å²) in [6.45, 7) is 2.50. The van der Waals surface area contributed by atoms with Gasteiger partial charge in [0.15, 0.2) is 5.13 Å². The highest BCUT2D eigenvalue weighted by atomic mass is 32.1. The molecule has 2 amide bonds. The molecule has 6 nitrogen and oxygen atoms in total. The summed E-state index contributed by atoms with van der Waals surface area (Å²) in [4.78, 5) is 18.3. The molecule has 2 aromatic heterocycles. The average Bonchev–Trinajstić information content (AvgIpc) is 3.20. The summed E-state index contributed by atoms with van der Waals surface area (Å²) >= 11 is 1.43. The topological polar surface area (TPSA) is 59.4 Å². The normalized spacial score (nSPS) is 17.8. The maximum absolute atomic E-state index is 12.3. The molecule has 0 atom stereocenters. The summed E-state index contributed by atoms with van der Waals surface area (Å²) in [5, 5.41) is 6.54. The first-order valence-electron chi connectivity index (χ1n) is 9.96. The molecular formula is C21H24N4O2S. The van der Waals surface area contributed by atoms with Gasteiger partial charge in [0, 0.05) is 55.6 Å². The zero-order chi connectivity index (χ0) is 18.9. The van der Waals surface area contributed by atoms with Crippen LogP contribution < -0.4 is 10.1 Å². The molecule has 146 valence electrons. The largest absolute Gasteiger partial charge is 0.490 e. The fourth-order valence-electron chi connectivity index (χ4n) is 3.85. The summed E-state index contributed by atoms with van der Waals surface area (Å²) in [6.07, 6.45) is 8.39. The first-order valence-corrected chi connectivity index (χ1v) is 10.8. The van der Waals surface area contributed by atoms with Gasteiger partial charge in [-0.1, -0.05) is 6.07 Å². The van der Waals surface area contributed by atoms with Crippen molar-refractivity contribution in [2.24, 2.45) is 5.92 Å². The molecule has 5 rings (SSSR count). The number of hydrogen-bond donors (Lipinski definition) is 1. The number of carbonyl (C=O) groups is 1. The monoisotopic (exact) mass is 396 g/mol. The number of ether oxygens (including phenoxy) is 1. The van der Waals surface area contributed by atoms with Gasteiger partial charge in [-0.25, -0.2) is 9.78 Å². The number of fused-ring (bicyclic) bond motifs is 1. The Hall–Kier alpha value is -2.54. The van der Waals surface area contributed by atoms with E-state index in [1.54, 1.807) is 6.20 Å². The van der Waals surface area contributed by atoms with E-state index in [4.69, 9.17) is 4.74 Å². The molecule has 2 aliphatic rings. The van der Waals surface area contributed by atoms with E-state index in [1.165, 1.54) is 35.1 Å². The molecule has 3 aromatic rings. The van der Waals surface area contributed by atoms with Gasteiger partial charge in [-0.3, -0.25) is 5.32 Å². The van der Waals surface area contributed by atoms with Crippen molar-refractivity contribution in [3.05, 3.63) is 42.0 Å². The van der Waals surface area contributed by atoms with Crippen LogP contribution in [0.2, 0.25) is 0 Å². The van der Waals surface area contributed by atoms with E-state index >= 15 is 0 Å². The number of urea groups is 1. The van der Waals surface area contributed by atoms with Crippen molar-refractivity contribution in [1.82, 2.24) is 14.5 Å². The van der Waals surface area contributed by atoms with E-state index in [9.17, 15) is 4.79 Å². The summed E-state index contributed by atoms with van der Waals surface area (Å²) in [5.74, 6) is 1.80. The SMILES string of the molecule is O=C(Nc1nccs1)N1CCC(Oc2cccc3c2ccn3CC2CC2)CC1. The molecule has 1 saturated heterocycles. The lowest BCUT2D eigenvalue weighted by atomic mass is 10.1. The van der Waals surface area contributed by atoms with Crippen LogP contribution in [0.5, 0.6) is 5.75 Å². The van der Waals surface area contributed by atoms with Gasteiger partial charge >= 0.3 is 6.03 Å². The zero-order valence-electron chi connectivity index (χ0n) is 15.7. The van der Waals surface area contributed by atoms with Crippen molar-refractivity contribution < 1.29 is 9.53 Å². The lowest BCUT2D eigenvalue weighted by Gasteiger charge is -2.32. The minimum absolute atomic E-state index is 0.0762. The van der Waals surface area contributed by atoms with Gasteiger partial charge < -0.3 is 14.2 Å². The molecular weight excluding hydrogens is 372 g/mol. The summed E-state index contributed by atoms with van der Waals surface area (Å²) in [7, 11) is 0. The molecule has 0 bridgehead atoms. The molecule has 1 aromatic carbocycles. The van der Waals surface area contributed by atoms with Crippen molar-refractivity contribution in [3.8, 4) is 5.75 Å². The third-order valence-electron chi connectivity index (χ3n) is 5.59. The molecule has 7 heteroatoms. The molecule has 2 fully saturated rings. The van der Waals surface area contributed by atoms with E-state index in [0.717, 1.165) is 31.1 Å². The van der Waals surface area contributed by atoms with Gasteiger partial charge in [-0.05, 0) is 37.0 Å². The fourth-order valence-corrected chi connectivity index (χ4v) is 4.37. The number of nitrogens with one attached hydrogen (secondary N) is 1. The maximum atomic E-state index is 12.3. The Bertz CT molecular complexity index is 956. The van der Waals surface area contributed by atoms with Gasteiger partial charge in [-0.2, -0.15) is 0 Å². The Labute approximate surface area is 168 Å². The van der Waals surface area contributed by atoms with Crippen LogP contribution in [0, 0.1) is 5.92 Å². The lowest BCUT2D eigenvalue weighted by molar-refractivity contribution is 0.117. The lowest BCUT2D eigenvalue weighted by Crippen LogP contribution is -2.43. The third kappa shape index (κ3) is 3.71. The summed E-state index contributed by atoms with van der Waals surface area (Å²) < 4.78 is 8.71. The minimum Gasteiger partial charge on any atom is -0.490 e. The number of anilines is 1. The Morgan fingerprint density at radius 3 is 2.82 bits per heavy atom. The van der Waals surface area contributed by atoms with Crippen LogP contribution in [-0.2, 0) is 6.54 Å². The zero-order valence-corrected chi connectivity index (χ0v) is 16.5. The molecule has 1 aliphatic carbocycles. The number of thiazole rings is 1.